The third-order valence-corrected chi connectivity index (χ3v) is 9.21. The van der Waals surface area contributed by atoms with Crippen LogP contribution in [0, 0.1) is 5.92 Å². The normalized spacial score (nSPS) is 16.6. The van der Waals surface area contributed by atoms with Crippen LogP contribution in [0.15, 0.2) is 47.4 Å². The molecule has 1 amide bonds. The van der Waals surface area contributed by atoms with Crippen LogP contribution < -0.4 is 19.5 Å². The van der Waals surface area contributed by atoms with Crippen LogP contribution in [0.25, 0.3) is 0 Å². The molecule has 2 aromatic carbocycles. The third-order valence-electron chi connectivity index (χ3n) is 6.59. The fraction of sp³-hybridized carbons (Fsp3) is 0.536. The molecule has 2 unspecified atom stereocenters. The summed E-state index contributed by atoms with van der Waals surface area (Å²) in [4.78, 5) is 20.5. The Kier molecular flexibility index (Phi) is 11.0. The van der Waals surface area contributed by atoms with E-state index in [4.69, 9.17) is 19.0 Å². The summed E-state index contributed by atoms with van der Waals surface area (Å²) in [5, 5.41) is 13.0. The second kappa shape index (κ2) is 14.5. The summed E-state index contributed by atoms with van der Waals surface area (Å²) >= 11 is 1.95. The van der Waals surface area contributed by atoms with Crippen molar-refractivity contribution in [2.45, 2.75) is 50.7 Å². The van der Waals surface area contributed by atoms with Gasteiger partial charge in [0.25, 0.3) is 10.0 Å². The van der Waals surface area contributed by atoms with Crippen molar-refractivity contribution in [3.05, 3.63) is 48.0 Å². The minimum Gasteiger partial charge on any atom is -0.494 e. The maximum absolute atomic E-state index is 13.4. The van der Waals surface area contributed by atoms with Crippen molar-refractivity contribution in [1.29, 1.82) is 0 Å². The van der Waals surface area contributed by atoms with E-state index in [0.29, 0.717) is 29.0 Å². The number of aliphatic hydroxyl groups is 1. The Balaban J connectivity index is 1.33. The Morgan fingerprint density at radius 1 is 1.15 bits per heavy atom. The first-order valence-corrected chi connectivity index (χ1v) is 16.3. The van der Waals surface area contributed by atoms with Gasteiger partial charge in [-0.25, -0.2) is 13.2 Å². The number of ether oxygens (including phenoxy) is 3. The largest absolute Gasteiger partial charge is 0.494 e. The molecule has 2 aromatic rings. The molecule has 226 valence electrons. The molecule has 0 radical (unpaired) electrons. The van der Waals surface area contributed by atoms with Gasteiger partial charge in [-0.3, -0.25) is 4.90 Å². The lowest BCUT2D eigenvalue weighted by Crippen LogP contribution is -2.47. The van der Waals surface area contributed by atoms with E-state index < -0.39 is 28.3 Å². The molecule has 0 saturated carbocycles. The van der Waals surface area contributed by atoms with Crippen LogP contribution in [-0.4, -0.2) is 85.8 Å². The van der Waals surface area contributed by atoms with Gasteiger partial charge in [-0.05, 0) is 60.0 Å². The molecule has 0 bridgehead atoms. The topological polar surface area (TPSA) is 127 Å². The molecule has 1 fully saturated rings. The lowest BCUT2D eigenvalue weighted by molar-refractivity contribution is -0.0323. The molecule has 1 saturated heterocycles. The van der Waals surface area contributed by atoms with Crippen molar-refractivity contribution in [2.24, 2.45) is 5.92 Å². The molecule has 11 nitrogen and oxygen atoms in total. The summed E-state index contributed by atoms with van der Waals surface area (Å²) in [6.45, 7) is 7.89. The lowest BCUT2D eigenvalue weighted by atomic mass is 10.0. The highest BCUT2D eigenvalue weighted by molar-refractivity contribution is 7.99. The minimum atomic E-state index is -4.21. The van der Waals surface area contributed by atoms with Crippen LogP contribution in [0.3, 0.4) is 0 Å². The number of nitrogens with one attached hydrogen (secondary N) is 1. The van der Waals surface area contributed by atoms with E-state index in [1.54, 1.807) is 6.92 Å². The number of rotatable bonds is 14. The summed E-state index contributed by atoms with van der Waals surface area (Å²) in [5.41, 5.74) is 0.865. The number of carbonyl (C=O) groups excluding carboxylic acids is 1. The van der Waals surface area contributed by atoms with Gasteiger partial charge in [0.15, 0.2) is 11.5 Å². The maximum atomic E-state index is 13.4. The minimum absolute atomic E-state index is 0.00214. The zero-order valence-electron chi connectivity index (χ0n) is 23.7. The number of fused-ring (bicyclic) bond motifs is 1. The van der Waals surface area contributed by atoms with Crippen molar-refractivity contribution >= 4 is 27.9 Å². The fourth-order valence-corrected chi connectivity index (χ4v) is 6.76. The molecule has 2 atom stereocenters. The zero-order chi connectivity index (χ0) is 29.4. The first kappa shape index (κ1) is 31.2. The van der Waals surface area contributed by atoms with Gasteiger partial charge in [-0.1, -0.05) is 26.0 Å². The number of benzene rings is 2. The standard InChI is InChI=1S/C28H39N3O8S2/c1-20(2)17-31(41(34,35)24-9-10-26-27(16-24)38-19-37-26)39-28(33)29-25(21(3)32)15-22-5-7-23(8-6-22)36-13-4-11-30-12-14-40-18-30/h5-10,16,20-21,25,32H,4,11-15,17-19H2,1-3H3,(H,29,33). The van der Waals surface area contributed by atoms with E-state index in [9.17, 15) is 18.3 Å². The van der Waals surface area contributed by atoms with Crippen LogP contribution in [0.2, 0.25) is 0 Å². The second-order valence-electron chi connectivity index (χ2n) is 10.5. The van der Waals surface area contributed by atoms with Gasteiger partial charge in [0.2, 0.25) is 6.79 Å². The van der Waals surface area contributed by atoms with Crippen molar-refractivity contribution in [3.8, 4) is 17.2 Å². The lowest BCUT2D eigenvalue weighted by Gasteiger charge is -2.26. The first-order chi connectivity index (χ1) is 19.6. The third kappa shape index (κ3) is 8.89. The predicted octanol–water partition coefficient (Wildman–Crippen LogP) is 3.47. The summed E-state index contributed by atoms with van der Waals surface area (Å²) < 4.78 is 43.8. The highest BCUT2D eigenvalue weighted by atomic mass is 32.2. The average molecular weight is 610 g/mol. The van der Waals surface area contributed by atoms with Gasteiger partial charge in [-0.15, -0.1) is 11.8 Å². The number of nitrogens with zero attached hydrogens (tertiary/aromatic N) is 2. The molecular formula is C28H39N3O8S2. The number of hydroxylamine groups is 1. The van der Waals surface area contributed by atoms with Crippen LogP contribution >= 0.6 is 11.8 Å². The number of thioether (sulfide) groups is 1. The highest BCUT2D eigenvalue weighted by Crippen LogP contribution is 2.34. The molecule has 0 spiro atoms. The second-order valence-corrected chi connectivity index (χ2v) is 13.4. The molecule has 0 aromatic heterocycles. The summed E-state index contributed by atoms with van der Waals surface area (Å²) in [6, 6.07) is 11.0. The van der Waals surface area contributed by atoms with Crippen LogP contribution in [0.1, 0.15) is 32.8 Å². The molecule has 2 N–H and O–H groups in total. The number of sulfonamides is 1. The number of hydrogen-bond acceptors (Lipinski definition) is 10. The van der Waals surface area contributed by atoms with E-state index >= 15 is 0 Å². The van der Waals surface area contributed by atoms with E-state index in [-0.39, 0.29) is 24.2 Å². The van der Waals surface area contributed by atoms with Gasteiger partial charge in [0.05, 0.1) is 30.2 Å². The molecule has 2 aliphatic rings. The van der Waals surface area contributed by atoms with Gasteiger partial charge >= 0.3 is 6.09 Å². The van der Waals surface area contributed by atoms with E-state index in [0.717, 1.165) is 36.7 Å². The number of amides is 1. The molecule has 2 aliphatic heterocycles. The number of hydrogen-bond donors (Lipinski definition) is 2. The summed E-state index contributed by atoms with van der Waals surface area (Å²) in [5.74, 6) is 3.63. The summed E-state index contributed by atoms with van der Waals surface area (Å²) in [7, 11) is -4.21. The Hall–Kier alpha value is -2.71. The van der Waals surface area contributed by atoms with E-state index in [1.807, 2.05) is 49.9 Å². The van der Waals surface area contributed by atoms with Crippen molar-refractivity contribution < 1.29 is 37.4 Å². The van der Waals surface area contributed by atoms with Crippen molar-refractivity contribution in [3.63, 3.8) is 0 Å². The fourth-order valence-electron chi connectivity index (χ4n) is 4.33. The molecule has 0 aliphatic carbocycles. The van der Waals surface area contributed by atoms with Gasteiger partial charge in [-0.2, -0.15) is 0 Å². The molecule has 41 heavy (non-hydrogen) atoms. The van der Waals surface area contributed by atoms with Crippen LogP contribution in [0.5, 0.6) is 17.2 Å². The molecule has 4 rings (SSSR count). The van der Waals surface area contributed by atoms with Gasteiger partial charge in [0.1, 0.15) is 5.75 Å². The molecule has 13 heteroatoms. The zero-order valence-corrected chi connectivity index (χ0v) is 25.3. The van der Waals surface area contributed by atoms with E-state index in [2.05, 4.69) is 10.2 Å². The Morgan fingerprint density at radius 3 is 2.59 bits per heavy atom. The Bertz CT molecular complexity index is 1250. The van der Waals surface area contributed by atoms with Gasteiger partial charge in [0, 0.05) is 30.8 Å². The van der Waals surface area contributed by atoms with Crippen LogP contribution in [0.4, 0.5) is 4.79 Å². The Morgan fingerprint density at radius 2 is 1.90 bits per heavy atom. The average Bonchev–Trinajstić information content (AvgIpc) is 3.62. The summed E-state index contributed by atoms with van der Waals surface area (Å²) in [6.07, 6.45) is -0.654. The molecular weight excluding hydrogens is 570 g/mol. The van der Waals surface area contributed by atoms with Crippen molar-refractivity contribution in [2.75, 3.05) is 44.7 Å². The first-order valence-electron chi connectivity index (χ1n) is 13.7. The van der Waals surface area contributed by atoms with Crippen LogP contribution in [-0.2, 0) is 21.3 Å². The monoisotopic (exact) mass is 609 g/mol. The molecule has 2 heterocycles. The van der Waals surface area contributed by atoms with Crippen molar-refractivity contribution in [1.82, 2.24) is 14.7 Å². The highest BCUT2D eigenvalue weighted by Gasteiger charge is 2.32. The predicted molar refractivity (Wildman–Crippen MR) is 156 cm³/mol. The quantitative estimate of drug-likeness (QED) is 0.243. The Labute approximate surface area is 246 Å². The number of aliphatic hydroxyl groups excluding tert-OH is 1. The van der Waals surface area contributed by atoms with Gasteiger partial charge < -0.3 is 29.5 Å². The van der Waals surface area contributed by atoms with E-state index in [1.165, 1.54) is 24.0 Å². The number of carbonyl (C=O) groups is 1. The SMILES string of the molecule is CC(C)CN(OC(=O)NC(Cc1ccc(OCCCN2CCSC2)cc1)C(C)O)S(=O)(=O)c1ccc2c(c1)OCO2. The maximum Gasteiger partial charge on any atom is 0.427 e. The smallest absolute Gasteiger partial charge is 0.427 e.